The van der Waals surface area contributed by atoms with Gasteiger partial charge in [-0.3, -0.25) is 19.9 Å². The van der Waals surface area contributed by atoms with Crippen molar-refractivity contribution in [1.82, 2.24) is 15.2 Å². The summed E-state index contributed by atoms with van der Waals surface area (Å²) in [5.74, 6) is -1.69. The number of imide groups is 1. The van der Waals surface area contributed by atoms with Crippen molar-refractivity contribution in [3.8, 4) is 0 Å². The van der Waals surface area contributed by atoms with Crippen LogP contribution in [0, 0.1) is 6.92 Å². The van der Waals surface area contributed by atoms with Crippen LogP contribution in [0.5, 0.6) is 0 Å². The summed E-state index contributed by atoms with van der Waals surface area (Å²) in [7, 11) is 1.53. The highest BCUT2D eigenvalue weighted by atomic mass is 16.4. The molecule has 0 saturated heterocycles. The molecule has 0 aromatic carbocycles. The van der Waals surface area contributed by atoms with Crippen LogP contribution in [-0.2, 0) is 16.1 Å². The Labute approximate surface area is 116 Å². The number of carboxylic acids is 1. The molecule has 0 radical (unpaired) electrons. The van der Waals surface area contributed by atoms with E-state index in [1.54, 1.807) is 6.07 Å². The second-order valence-corrected chi connectivity index (χ2v) is 4.37. The van der Waals surface area contributed by atoms with Crippen LogP contribution in [0.25, 0.3) is 0 Å². The summed E-state index contributed by atoms with van der Waals surface area (Å²) < 4.78 is 0. The van der Waals surface area contributed by atoms with E-state index in [1.165, 1.54) is 11.9 Å². The number of aromatic nitrogens is 1. The third-order valence-corrected chi connectivity index (χ3v) is 2.50. The summed E-state index contributed by atoms with van der Waals surface area (Å²) in [6.45, 7) is 2.11. The Morgan fingerprint density at radius 3 is 2.60 bits per heavy atom. The Morgan fingerprint density at radius 1 is 1.30 bits per heavy atom. The summed E-state index contributed by atoms with van der Waals surface area (Å²) in [4.78, 5) is 38.9. The number of hydrogen-bond acceptors (Lipinski definition) is 4. The second kappa shape index (κ2) is 7.22. The van der Waals surface area contributed by atoms with Gasteiger partial charge in [-0.15, -0.1) is 0 Å². The van der Waals surface area contributed by atoms with Crippen molar-refractivity contribution in [2.24, 2.45) is 0 Å². The minimum atomic E-state index is -1.08. The zero-order chi connectivity index (χ0) is 15.1. The minimum absolute atomic E-state index is 0.225. The Bertz CT molecular complexity index is 516. The van der Waals surface area contributed by atoms with Gasteiger partial charge in [0.2, 0.25) is 5.91 Å². The highest BCUT2D eigenvalue weighted by Crippen LogP contribution is 2.02. The number of carboxylic acid groups (broad SMARTS) is 1. The van der Waals surface area contributed by atoms with Crippen molar-refractivity contribution in [3.63, 3.8) is 0 Å². The van der Waals surface area contributed by atoms with Gasteiger partial charge in [-0.05, 0) is 19.1 Å². The number of pyridine rings is 1. The van der Waals surface area contributed by atoms with E-state index >= 15 is 0 Å². The molecule has 7 nitrogen and oxygen atoms in total. The SMILES string of the molecule is Cc1cccc(CN(C)C(=O)NC(=O)CCC(=O)O)n1. The normalized spacial score (nSPS) is 9.90. The summed E-state index contributed by atoms with van der Waals surface area (Å²) in [5.41, 5.74) is 1.55. The van der Waals surface area contributed by atoms with Crippen LogP contribution >= 0.6 is 0 Å². The summed E-state index contributed by atoms with van der Waals surface area (Å²) >= 11 is 0. The Morgan fingerprint density at radius 2 is 2.00 bits per heavy atom. The molecule has 0 unspecified atom stereocenters. The number of carbonyl (C=O) groups excluding carboxylic acids is 2. The molecular formula is C13H17N3O4. The Hall–Kier alpha value is -2.44. The quantitative estimate of drug-likeness (QED) is 0.835. The monoisotopic (exact) mass is 279 g/mol. The summed E-state index contributed by atoms with van der Waals surface area (Å²) in [6, 6.07) is 4.88. The first-order valence-electron chi connectivity index (χ1n) is 6.07. The molecule has 0 fully saturated rings. The highest BCUT2D eigenvalue weighted by molar-refractivity contribution is 5.95. The summed E-state index contributed by atoms with van der Waals surface area (Å²) in [5, 5.41) is 10.6. The lowest BCUT2D eigenvalue weighted by Crippen LogP contribution is -2.40. The lowest BCUT2D eigenvalue weighted by atomic mass is 10.3. The van der Waals surface area contributed by atoms with E-state index in [4.69, 9.17) is 5.11 Å². The van der Waals surface area contributed by atoms with Gasteiger partial charge in [0.15, 0.2) is 0 Å². The van der Waals surface area contributed by atoms with Gasteiger partial charge in [-0.25, -0.2) is 4.79 Å². The molecule has 7 heteroatoms. The first-order chi connectivity index (χ1) is 9.38. The number of nitrogens with zero attached hydrogens (tertiary/aromatic N) is 2. The van der Waals surface area contributed by atoms with Gasteiger partial charge in [0.05, 0.1) is 18.7 Å². The van der Waals surface area contributed by atoms with Gasteiger partial charge in [0.25, 0.3) is 0 Å². The maximum absolute atomic E-state index is 11.7. The van der Waals surface area contributed by atoms with E-state index in [9.17, 15) is 14.4 Å². The van der Waals surface area contributed by atoms with Gasteiger partial charge in [0, 0.05) is 19.2 Å². The number of rotatable bonds is 5. The Balaban J connectivity index is 2.46. The maximum Gasteiger partial charge on any atom is 0.324 e. The van der Waals surface area contributed by atoms with Crippen molar-refractivity contribution < 1.29 is 19.5 Å². The Kier molecular flexibility index (Phi) is 5.64. The van der Waals surface area contributed by atoms with Crippen LogP contribution in [0.3, 0.4) is 0 Å². The fourth-order valence-corrected chi connectivity index (χ4v) is 1.50. The molecule has 1 rings (SSSR count). The number of nitrogens with one attached hydrogen (secondary N) is 1. The topological polar surface area (TPSA) is 99.6 Å². The van der Waals surface area contributed by atoms with Crippen molar-refractivity contribution in [2.45, 2.75) is 26.3 Å². The summed E-state index contributed by atoms with van der Waals surface area (Å²) in [6.07, 6.45) is -0.528. The van der Waals surface area contributed by atoms with E-state index in [1.807, 2.05) is 19.1 Å². The number of hydrogen-bond donors (Lipinski definition) is 2. The molecule has 0 aliphatic carbocycles. The average molecular weight is 279 g/mol. The van der Waals surface area contributed by atoms with Crippen LogP contribution in [0.1, 0.15) is 24.2 Å². The number of aryl methyl sites for hydroxylation is 1. The molecule has 0 bridgehead atoms. The second-order valence-electron chi connectivity index (χ2n) is 4.37. The molecule has 2 N–H and O–H groups in total. The lowest BCUT2D eigenvalue weighted by molar-refractivity contribution is -0.138. The third-order valence-electron chi connectivity index (χ3n) is 2.50. The molecule has 0 spiro atoms. The molecule has 1 aromatic heterocycles. The molecule has 0 aliphatic heterocycles. The van der Waals surface area contributed by atoms with E-state index in [-0.39, 0.29) is 19.4 Å². The first kappa shape index (κ1) is 15.6. The third kappa shape index (κ3) is 5.47. The average Bonchev–Trinajstić information content (AvgIpc) is 2.36. The van der Waals surface area contributed by atoms with Crippen LogP contribution in [0.15, 0.2) is 18.2 Å². The van der Waals surface area contributed by atoms with Crippen molar-refractivity contribution >= 4 is 17.9 Å². The molecule has 1 aromatic rings. The number of amides is 3. The number of aliphatic carboxylic acids is 1. The molecule has 1 heterocycles. The fourth-order valence-electron chi connectivity index (χ4n) is 1.50. The zero-order valence-corrected chi connectivity index (χ0v) is 11.4. The molecule has 108 valence electrons. The molecule has 0 aliphatic rings. The van der Waals surface area contributed by atoms with Crippen molar-refractivity contribution in [2.75, 3.05) is 7.05 Å². The standard InChI is InChI=1S/C13H17N3O4/c1-9-4-3-5-10(14-9)8-16(2)13(20)15-11(17)6-7-12(18)19/h3-5H,6-8H2,1-2H3,(H,18,19)(H,15,17,20). The van der Waals surface area contributed by atoms with Gasteiger partial charge < -0.3 is 10.0 Å². The highest BCUT2D eigenvalue weighted by Gasteiger charge is 2.14. The van der Waals surface area contributed by atoms with Gasteiger partial charge in [-0.1, -0.05) is 6.07 Å². The van der Waals surface area contributed by atoms with E-state index in [2.05, 4.69) is 10.3 Å². The van der Waals surface area contributed by atoms with Gasteiger partial charge in [-0.2, -0.15) is 0 Å². The largest absolute Gasteiger partial charge is 0.481 e. The van der Waals surface area contributed by atoms with Crippen LogP contribution in [0.2, 0.25) is 0 Å². The van der Waals surface area contributed by atoms with Crippen LogP contribution < -0.4 is 5.32 Å². The van der Waals surface area contributed by atoms with Gasteiger partial charge >= 0.3 is 12.0 Å². The van der Waals surface area contributed by atoms with E-state index < -0.39 is 17.9 Å². The fraction of sp³-hybridized carbons (Fsp3) is 0.385. The van der Waals surface area contributed by atoms with Crippen molar-refractivity contribution in [1.29, 1.82) is 0 Å². The molecular weight excluding hydrogens is 262 g/mol. The predicted molar refractivity (Wildman–Crippen MR) is 70.8 cm³/mol. The number of urea groups is 1. The molecule has 0 saturated carbocycles. The maximum atomic E-state index is 11.7. The minimum Gasteiger partial charge on any atom is -0.481 e. The van der Waals surface area contributed by atoms with E-state index in [0.717, 1.165) is 5.69 Å². The van der Waals surface area contributed by atoms with Crippen LogP contribution in [0.4, 0.5) is 4.79 Å². The molecule has 0 atom stereocenters. The molecule has 20 heavy (non-hydrogen) atoms. The lowest BCUT2D eigenvalue weighted by Gasteiger charge is -2.17. The van der Waals surface area contributed by atoms with Crippen molar-refractivity contribution in [3.05, 3.63) is 29.6 Å². The predicted octanol–water partition coefficient (Wildman–Crippen LogP) is 0.923. The smallest absolute Gasteiger partial charge is 0.324 e. The first-order valence-corrected chi connectivity index (χ1v) is 6.07. The zero-order valence-electron chi connectivity index (χ0n) is 11.4. The number of carbonyl (C=O) groups is 3. The molecule has 3 amide bonds. The van der Waals surface area contributed by atoms with E-state index in [0.29, 0.717) is 5.69 Å². The van der Waals surface area contributed by atoms with Gasteiger partial charge in [0.1, 0.15) is 0 Å². The van der Waals surface area contributed by atoms with Crippen LogP contribution in [-0.4, -0.2) is 39.9 Å².